The molecule has 0 aromatic rings. The van der Waals surface area contributed by atoms with Gasteiger partial charge in [0, 0.05) is 21.0 Å². The van der Waals surface area contributed by atoms with Gasteiger partial charge < -0.3 is 18.9 Å². The summed E-state index contributed by atoms with van der Waals surface area (Å²) in [4.78, 5) is 22.7. The summed E-state index contributed by atoms with van der Waals surface area (Å²) in [5.41, 5.74) is -0.333. The number of hydrogen-bond acceptors (Lipinski definition) is 7. The van der Waals surface area contributed by atoms with E-state index in [2.05, 4.69) is 0 Å². The van der Waals surface area contributed by atoms with Gasteiger partial charge in [-0.2, -0.15) is 0 Å². The number of esters is 2. The molecule has 0 aromatic heterocycles. The quantitative estimate of drug-likeness (QED) is 0.690. The third kappa shape index (κ3) is 4.86. The number of carbonyl (C=O) groups is 2. The van der Waals surface area contributed by atoms with Crippen LogP contribution < -0.4 is 0 Å². The number of carbonyl (C=O) groups excluding carboxylic acids is 2. The van der Waals surface area contributed by atoms with Gasteiger partial charge in [0.2, 0.25) is 0 Å². The first-order chi connectivity index (χ1) is 9.94. The first-order valence-corrected chi connectivity index (χ1v) is 8.13. The van der Waals surface area contributed by atoms with Crippen molar-refractivity contribution in [3.05, 3.63) is 0 Å². The third-order valence-electron chi connectivity index (χ3n) is 3.20. The summed E-state index contributed by atoms with van der Waals surface area (Å²) in [6.07, 6.45) is -1.35. The minimum Gasteiger partial charge on any atom is -0.457 e. The first-order valence-electron chi connectivity index (χ1n) is 7.08. The normalized spacial score (nSPS) is 32.5. The Balaban J connectivity index is 3.03. The highest BCUT2D eigenvalue weighted by Gasteiger charge is 2.49. The predicted octanol–water partition coefficient (Wildman–Crippen LogP) is 1.75. The maximum absolute atomic E-state index is 11.4. The molecule has 3 unspecified atom stereocenters. The molecule has 1 saturated heterocycles. The zero-order valence-corrected chi connectivity index (χ0v) is 14.0. The predicted molar refractivity (Wildman–Crippen MR) is 79.0 cm³/mol. The van der Waals surface area contributed by atoms with Gasteiger partial charge in [-0.25, -0.2) is 0 Å². The summed E-state index contributed by atoms with van der Waals surface area (Å²) in [7, 11) is 1.52. The van der Waals surface area contributed by atoms with Crippen molar-refractivity contribution in [2.24, 2.45) is 0 Å². The molecule has 1 heterocycles. The SMILES string of the molecule is CCSC1OC(CC)[C@H](OC(C)=O)[C@@H](OC)C1OC(C)=O. The summed E-state index contributed by atoms with van der Waals surface area (Å²) >= 11 is 1.54. The topological polar surface area (TPSA) is 71.1 Å². The molecule has 0 bridgehead atoms. The molecule has 1 aliphatic rings. The van der Waals surface area contributed by atoms with Gasteiger partial charge in [-0.1, -0.05) is 13.8 Å². The van der Waals surface area contributed by atoms with Crippen molar-refractivity contribution in [1.82, 2.24) is 0 Å². The van der Waals surface area contributed by atoms with E-state index in [1.54, 1.807) is 11.8 Å². The summed E-state index contributed by atoms with van der Waals surface area (Å²) < 4.78 is 22.2. The van der Waals surface area contributed by atoms with Gasteiger partial charge in [-0.05, 0) is 12.2 Å². The Bertz CT molecular complexity index is 361. The fourth-order valence-corrected chi connectivity index (χ4v) is 3.37. The van der Waals surface area contributed by atoms with Crippen LogP contribution in [0.1, 0.15) is 34.1 Å². The van der Waals surface area contributed by atoms with E-state index >= 15 is 0 Å². The maximum atomic E-state index is 11.4. The monoisotopic (exact) mass is 320 g/mol. The van der Waals surface area contributed by atoms with E-state index in [-0.39, 0.29) is 11.5 Å². The minimum absolute atomic E-state index is 0.283. The highest BCUT2D eigenvalue weighted by Crippen LogP contribution is 2.34. The average Bonchev–Trinajstić information content (AvgIpc) is 2.40. The molecule has 7 heteroatoms. The second-order valence-electron chi connectivity index (χ2n) is 4.75. The number of thioether (sulfide) groups is 1. The fraction of sp³-hybridized carbons (Fsp3) is 0.857. The van der Waals surface area contributed by atoms with E-state index in [0.717, 1.165) is 5.75 Å². The molecule has 1 fully saturated rings. The van der Waals surface area contributed by atoms with Crippen molar-refractivity contribution in [3.8, 4) is 0 Å². The molecular formula is C14H24O6S. The van der Waals surface area contributed by atoms with Gasteiger partial charge >= 0.3 is 11.9 Å². The highest BCUT2D eigenvalue weighted by molar-refractivity contribution is 7.99. The van der Waals surface area contributed by atoms with E-state index in [1.807, 2.05) is 13.8 Å². The van der Waals surface area contributed by atoms with Gasteiger partial charge in [0.25, 0.3) is 0 Å². The molecule has 0 N–H and O–H groups in total. The average molecular weight is 320 g/mol. The molecule has 0 aliphatic carbocycles. The third-order valence-corrected chi connectivity index (χ3v) is 4.24. The molecular weight excluding hydrogens is 296 g/mol. The largest absolute Gasteiger partial charge is 0.457 e. The van der Waals surface area contributed by atoms with Crippen LogP contribution in [-0.2, 0) is 28.5 Å². The zero-order valence-electron chi connectivity index (χ0n) is 13.2. The van der Waals surface area contributed by atoms with E-state index < -0.39 is 30.3 Å². The first kappa shape index (κ1) is 18.3. The Labute approximate surface area is 129 Å². The van der Waals surface area contributed by atoms with Gasteiger partial charge in [0.05, 0.1) is 6.10 Å². The van der Waals surface area contributed by atoms with Crippen molar-refractivity contribution >= 4 is 23.7 Å². The summed E-state index contributed by atoms with van der Waals surface area (Å²) in [6.45, 7) is 6.63. The molecule has 5 atom stereocenters. The Morgan fingerprint density at radius 3 is 2.05 bits per heavy atom. The lowest BCUT2D eigenvalue weighted by atomic mass is 9.97. The van der Waals surface area contributed by atoms with Crippen molar-refractivity contribution in [2.75, 3.05) is 12.9 Å². The van der Waals surface area contributed by atoms with E-state index in [4.69, 9.17) is 18.9 Å². The standard InChI is InChI=1S/C14H24O6S/c1-6-10-11(18-8(3)15)12(17-5)13(19-9(4)16)14(20-10)21-7-2/h10-14H,6-7H2,1-5H3/t10?,11-,12+,13?,14?/m0/s1. The van der Waals surface area contributed by atoms with Crippen molar-refractivity contribution in [1.29, 1.82) is 0 Å². The number of hydrogen-bond donors (Lipinski definition) is 0. The molecule has 1 aliphatic heterocycles. The summed E-state index contributed by atoms with van der Waals surface area (Å²) in [5.74, 6) is -0.00998. The Kier molecular flexibility index (Phi) is 7.48. The van der Waals surface area contributed by atoms with Crippen LogP contribution in [0.3, 0.4) is 0 Å². The maximum Gasteiger partial charge on any atom is 0.303 e. The number of ether oxygens (including phenoxy) is 4. The molecule has 0 amide bonds. The lowest BCUT2D eigenvalue weighted by molar-refractivity contribution is -0.228. The van der Waals surface area contributed by atoms with Crippen LogP contribution >= 0.6 is 11.8 Å². The fourth-order valence-electron chi connectivity index (χ4n) is 2.42. The highest BCUT2D eigenvalue weighted by atomic mass is 32.2. The Morgan fingerprint density at radius 2 is 1.62 bits per heavy atom. The Hall–Kier alpha value is -0.790. The van der Waals surface area contributed by atoms with Crippen LogP contribution in [-0.4, -0.2) is 54.7 Å². The lowest BCUT2D eigenvalue weighted by Gasteiger charge is -2.44. The minimum atomic E-state index is -0.607. The van der Waals surface area contributed by atoms with Crippen molar-refractivity contribution in [2.45, 2.75) is 64.0 Å². The molecule has 1 rings (SSSR count). The Morgan fingerprint density at radius 1 is 1.05 bits per heavy atom. The summed E-state index contributed by atoms with van der Waals surface area (Å²) in [5, 5.41) is 0. The molecule has 0 spiro atoms. The number of rotatable bonds is 6. The molecule has 122 valence electrons. The molecule has 0 saturated carbocycles. The van der Waals surface area contributed by atoms with E-state index in [1.165, 1.54) is 21.0 Å². The van der Waals surface area contributed by atoms with Crippen LogP contribution in [0.5, 0.6) is 0 Å². The van der Waals surface area contributed by atoms with Gasteiger partial charge in [-0.15, -0.1) is 11.8 Å². The molecule has 0 radical (unpaired) electrons. The summed E-state index contributed by atoms with van der Waals surface area (Å²) in [6, 6.07) is 0. The van der Waals surface area contributed by atoms with Crippen LogP contribution in [0.4, 0.5) is 0 Å². The van der Waals surface area contributed by atoms with Crippen LogP contribution in [0.2, 0.25) is 0 Å². The second kappa shape index (κ2) is 8.60. The lowest BCUT2D eigenvalue weighted by Crippen LogP contribution is -2.59. The van der Waals surface area contributed by atoms with Gasteiger partial charge in [0.15, 0.2) is 12.2 Å². The van der Waals surface area contributed by atoms with Crippen molar-refractivity contribution in [3.63, 3.8) is 0 Å². The van der Waals surface area contributed by atoms with E-state index in [0.29, 0.717) is 6.42 Å². The van der Waals surface area contributed by atoms with Gasteiger partial charge in [0.1, 0.15) is 11.5 Å². The molecule has 0 aromatic carbocycles. The van der Waals surface area contributed by atoms with Crippen LogP contribution in [0, 0.1) is 0 Å². The molecule has 21 heavy (non-hydrogen) atoms. The van der Waals surface area contributed by atoms with Crippen LogP contribution in [0.15, 0.2) is 0 Å². The van der Waals surface area contributed by atoms with Crippen LogP contribution in [0.25, 0.3) is 0 Å². The zero-order chi connectivity index (χ0) is 16.0. The second-order valence-corrected chi connectivity index (χ2v) is 6.13. The van der Waals surface area contributed by atoms with E-state index in [9.17, 15) is 9.59 Å². The van der Waals surface area contributed by atoms with Gasteiger partial charge in [-0.3, -0.25) is 9.59 Å². The smallest absolute Gasteiger partial charge is 0.303 e. The molecule has 6 nitrogen and oxygen atoms in total. The van der Waals surface area contributed by atoms with Crippen molar-refractivity contribution < 1.29 is 28.5 Å². The number of methoxy groups -OCH3 is 1.